The highest BCUT2D eigenvalue weighted by Crippen LogP contribution is 2.18. The highest BCUT2D eigenvalue weighted by molar-refractivity contribution is 5.99. The second kappa shape index (κ2) is 8.98. The van der Waals surface area contributed by atoms with Crippen LogP contribution in [0, 0.1) is 0 Å². The first-order valence-electron chi connectivity index (χ1n) is 7.40. The lowest BCUT2D eigenvalue weighted by Gasteiger charge is -2.08. The number of halogens is 1. The number of carboxylic acid groups (broad SMARTS) is 1. The van der Waals surface area contributed by atoms with E-state index in [9.17, 15) is 9.59 Å². The molecule has 0 aliphatic heterocycles. The highest BCUT2D eigenvalue weighted by atomic mass is 35.5. The van der Waals surface area contributed by atoms with Gasteiger partial charge in [0.1, 0.15) is 19.2 Å². The van der Waals surface area contributed by atoms with Gasteiger partial charge in [-0.15, -0.1) is 12.4 Å². The molecular formula is C17H20ClN3O3. The van der Waals surface area contributed by atoms with Crippen molar-refractivity contribution in [2.45, 2.75) is 32.7 Å². The summed E-state index contributed by atoms with van der Waals surface area (Å²) in [6.07, 6.45) is 5.34. The summed E-state index contributed by atoms with van der Waals surface area (Å²) in [6.45, 7) is 3.73. The van der Waals surface area contributed by atoms with E-state index in [-0.39, 0.29) is 24.7 Å². The number of hydrogen-bond acceptors (Lipinski definition) is 4. The number of benzene rings is 1. The van der Waals surface area contributed by atoms with Gasteiger partial charge in [0.2, 0.25) is 0 Å². The number of aromatic nitrogens is 3. The van der Waals surface area contributed by atoms with Crippen LogP contribution in [0.2, 0.25) is 0 Å². The molecule has 1 atom stereocenters. The Labute approximate surface area is 146 Å². The molecule has 0 aliphatic carbocycles. The van der Waals surface area contributed by atoms with Crippen LogP contribution in [0.25, 0.3) is 6.08 Å². The fourth-order valence-electron chi connectivity index (χ4n) is 2.17. The second-order valence-corrected chi connectivity index (χ2v) is 5.27. The lowest BCUT2D eigenvalue weighted by Crippen LogP contribution is -2.12. The van der Waals surface area contributed by atoms with E-state index in [0.717, 1.165) is 11.1 Å². The molecule has 0 fully saturated rings. The summed E-state index contributed by atoms with van der Waals surface area (Å²) in [6, 6.07) is 7.21. The average Bonchev–Trinajstić information content (AvgIpc) is 3.05. The summed E-state index contributed by atoms with van der Waals surface area (Å²) in [4.78, 5) is 27.1. The van der Waals surface area contributed by atoms with Gasteiger partial charge < -0.3 is 5.11 Å². The van der Waals surface area contributed by atoms with Gasteiger partial charge in [0.05, 0.1) is 5.92 Å². The van der Waals surface area contributed by atoms with Gasteiger partial charge in [0.25, 0.3) is 0 Å². The van der Waals surface area contributed by atoms with Crippen molar-refractivity contribution in [1.82, 2.24) is 14.8 Å². The number of carboxylic acids is 1. The van der Waals surface area contributed by atoms with Gasteiger partial charge in [0, 0.05) is 0 Å². The van der Waals surface area contributed by atoms with E-state index in [1.165, 1.54) is 17.3 Å². The maximum absolute atomic E-state index is 12.3. The zero-order valence-corrected chi connectivity index (χ0v) is 14.4. The lowest BCUT2D eigenvalue weighted by molar-refractivity contribution is -0.138. The third-order valence-electron chi connectivity index (χ3n) is 3.66. The maximum atomic E-state index is 12.3. The minimum atomic E-state index is -0.856. The van der Waals surface area contributed by atoms with Crippen LogP contribution in [0.1, 0.15) is 37.3 Å². The second-order valence-electron chi connectivity index (χ2n) is 5.27. The average molecular weight is 350 g/mol. The van der Waals surface area contributed by atoms with E-state index in [2.05, 4.69) is 10.1 Å². The zero-order chi connectivity index (χ0) is 16.8. The fourth-order valence-corrected chi connectivity index (χ4v) is 2.17. The Morgan fingerprint density at radius 3 is 2.46 bits per heavy atom. The van der Waals surface area contributed by atoms with E-state index in [0.29, 0.717) is 12.0 Å². The topological polar surface area (TPSA) is 85.1 Å². The number of allylic oxidation sites excluding steroid dienone is 1. The number of hydrogen-bond donors (Lipinski definition) is 1. The smallest absolute Gasteiger partial charge is 0.310 e. The Morgan fingerprint density at radius 2 is 1.96 bits per heavy atom. The SMILES string of the molecule is CCC(=Cc1ccc(C(C)C(=O)O)cc1)C(=O)Cn1cncn1.Cl. The lowest BCUT2D eigenvalue weighted by atomic mass is 9.98. The Balaban J connectivity index is 0.00000288. The van der Waals surface area contributed by atoms with Crippen LogP contribution in [0.3, 0.4) is 0 Å². The van der Waals surface area contributed by atoms with Crippen molar-refractivity contribution in [3.05, 3.63) is 53.6 Å². The molecule has 2 aromatic rings. The summed E-state index contributed by atoms with van der Waals surface area (Å²) < 4.78 is 1.49. The molecule has 0 radical (unpaired) electrons. The van der Waals surface area contributed by atoms with Crippen molar-refractivity contribution in [1.29, 1.82) is 0 Å². The van der Waals surface area contributed by atoms with Gasteiger partial charge >= 0.3 is 5.97 Å². The number of Topliss-reactive ketones (excluding diaryl/α,β-unsaturated/α-hetero) is 1. The quantitative estimate of drug-likeness (QED) is 0.777. The molecule has 1 N–H and O–H groups in total. The molecule has 1 unspecified atom stereocenters. The third-order valence-corrected chi connectivity index (χ3v) is 3.66. The molecule has 128 valence electrons. The Bertz CT molecular complexity index is 709. The minimum absolute atomic E-state index is 0. The van der Waals surface area contributed by atoms with E-state index in [1.54, 1.807) is 19.1 Å². The standard InChI is InChI=1S/C17H19N3O3.ClH/c1-3-14(16(21)9-20-11-18-10-19-20)8-13-4-6-15(7-5-13)12(2)17(22)23;/h4-8,10-12H,3,9H2,1-2H3,(H,22,23);1H. The van der Waals surface area contributed by atoms with Gasteiger partial charge in [-0.1, -0.05) is 31.2 Å². The van der Waals surface area contributed by atoms with E-state index in [4.69, 9.17) is 5.11 Å². The summed E-state index contributed by atoms with van der Waals surface area (Å²) in [5, 5.41) is 12.9. The first-order valence-corrected chi connectivity index (χ1v) is 7.40. The van der Waals surface area contributed by atoms with Crippen LogP contribution in [-0.4, -0.2) is 31.6 Å². The van der Waals surface area contributed by atoms with Crippen molar-refractivity contribution < 1.29 is 14.7 Å². The number of carbonyl (C=O) groups is 2. The monoisotopic (exact) mass is 349 g/mol. The Kier molecular flexibility index (Phi) is 7.32. The summed E-state index contributed by atoms with van der Waals surface area (Å²) in [5.74, 6) is -1.42. The van der Waals surface area contributed by atoms with Gasteiger partial charge in [-0.2, -0.15) is 5.10 Å². The van der Waals surface area contributed by atoms with E-state index in [1.807, 2.05) is 25.1 Å². The first kappa shape index (κ1) is 19.6. The largest absolute Gasteiger partial charge is 0.481 e. The maximum Gasteiger partial charge on any atom is 0.310 e. The number of ketones is 1. The molecule has 0 saturated carbocycles. The fraction of sp³-hybridized carbons (Fsp3) is 0.294. The minimum Gasteiger partial charge on any atom is -0.481 e. The van der Waals surface area contributed by atoms with Crippen LogP contribution in [0.4, 0.5) is 0 Å². The summed E-state index contributed by atoms with van der Waals surface area (Å²) >= 11 is 0. The van der Waals surface area contributed by atoms with Crippen LogP contribution in [0.15, 0.2) is 42.5 Å². The van der Waals surface area contributed by atoms with Crippen LogP contribution in [0.5, 0.6) is 0 Å². The van der Waals surface area contributed by atoms with Crippen molar-refractivity contribution in [2.75, 3.05) is 0 Å². The molecule has 1 aromatic heterocycles. The molecule has 1 aromatic carbocycles. The predicted molar refractivity (Wildman–Crippen MR) is 93.0 cm³/mol. The number of carbonyl (C=O) groups excluding carboxylic acids is 1. The van der Waals surface area contributed by atoms with E-state index >= 15 is 0 Å². The van der Waals surface area contributed by atoms with Crippen molar-refractivity contribution in [2.24, 2.45) is 0 Å². The molecule has 0 bridgehead atoms. The van der Waals surface area contributed by atoms with Crippen molar-refractivity contribution in [3.63, 3.8) is 0 Å². The summed E-state index contributed by atoms with van der Waals surface area (Å²) in [7, 11) is 0. The van der Waals surface area contributed by atoms with Crippen LogP contribution >= 0.6 is 12.4 Å². The molecule has 0 spiro atoms. The Hall–Kier alpha value is -2.47. The molecule has 2 rings (SSSR count). The van der Waals surface area contributed by atoms with Gasteiger partial charge in [-0.3, -0.25) is 9.59 Å². The summed E-state index contributed by atoms with van der Waals surface area (Å²) in [5.41, 5.74) is 2.30. The van der Waals surface area contributed by atoms with Crippen molar-refractivity contribution >= 4 is 30.2 Å². The van der Waals surface area contributed by atoms with E-state index < -0.39 is 11.9 Å². The molecule has 0 aliphatic rings. The van der Waals surface area contributed by atoms with Gasteiger partial charge in [-0.05, 0) is 36.1 Å². The van der Waals surface area contributed by atoms with Gasteiger partial charge in [0.15, 0.2) is 5.78 Å². The van der Waals surface area contributed by atoms with Crippen LogP contribution < -0.4 is 0 Å². The molecular weight excluding hydrogens is 330 g/mol. The molecule has 7 heteroatoms. The van der Waals surface area contributed by atoms with Crippen LogP contribution in [-0.2, 0) is 16.1 Å². The normalized spacial score (nSPS) is 12.3. The third kappa shape index (κ3) is 5.03. The highest BCUT2D eigenvalue weighted by Gasteiger charge is 2.13. The molecule has 6 nitrogen and oxygen atoms in total. The predicted octanol–water partition coefficient (Wildman–Crippen LogP) is 2.95. The van der Waals surface area contributed by atoms with Crippen molar-refractivity contribution in [3.8, 4) is 0 Å². The number of aliphatic carboxylic acids is 1. The molecule has 24 heavy (non-hydrogen) atoms. The Morgan fingerprint density at radius 1 is 1.29 bits per heavy atom. The zero-order valence-electron chi connectivity index (χ0n) is 13.5. The first-order chi connectivity index (χ1) is 11.0. The number of nitrogens with zero attached hydrogens (tertiary/aromatic N) is 3. The molecule has 0 amide bonds. The number of rotatable bonds is 7. The van der Waals surface area contributed by atoms with Gasteiger partial charge in [-0.25, -0.2) is 9.67 Å². The molecule has 1 heterocycles. The molecule has 0 saturated heterocycles.